The summed E-state index contributed by atoms with van der Waals surface area (Å²) in [6.07, 6.45) is 0. The van der Waals surface area contributed by atoms with Crippen LogP contribution in [0.2, 0.25) is 0 Å². The van der Waals surface area contributed by atoms with Gasteiger partial charge in [-0.2, -0.15) is 0 Å². The third kappa shape index (κ3) is 804. The largest absolute Gasteiger partial charge is 4.00 e. The molecule has 0 atom stereocenters. The second kappa shape index (κ2) is 56.6. The SMILES string of the molecule is O=[N+]([O-])[O-].O=[N+]([O-])[O-].O=[N+]([O-])[O-].O=[N+]([O-])[O-].O=[N+]([O-])[O-].O=[N+]([O-])[O-].O=[N+]([O-])[O-].O=[N+]([O-])[O-].[Hf+4].[Ti+4]. The fraction of sp³-hybridized carbons (Fsp3) is 0. The molecular weight excluding hydrogens is 722 g/mol. The van der Waals surface area contributed by atoms with E-state index >= 15 is 0 Å². The molecule has 0 fully saturated rings. The van der Waals surface area contributed by atoms with Gasteiger partial charge in [0.15, 0.2) is 0 Å². The van der Waals surface area contributed by atoms with E-state index < -0.39 is 40.7 Å². The molecule has 0 aliphatic rings. The monoisotopic (exact) mass is 724 g/mol. The van der Waals surface area contributed by atoms with Crippen LogP contribution in [0.1, 0.15) is 0 Å². The van der Waals surface area contributed by atoms with Crippen molar-refractivity contribution >= 4 is 0 Å². The summed E-state index contributed by atoms with van der Waals surface area (Å²) in [5.74, 6) is 0. The van der Waals surface area contributed by atoms with Crippen LogP contribution in [-0.2, 0) is 47.6 Å². The Bertz CT molecular complexity index is 367. The molecule has 32 nitrogen and oxygen atoms in total. The Balaban J connectivity index is -0.0000000240. The normalized spacial score (nSPS) is 5.65. The molecule has 0 aromatic rings. The Morgan fingerprint density at radius 2 is 0.235 bits per heavy atom. The van der Waals surface area contributed by atoms with Crippen molar-refractivity contribution in [1.82, 2.24) is 0 Å². The van der Waals surface area contributed by atoms with Gasteiger partial charge in [-0.1, -0.05) is 0 Å². The summed E-state index contributed by atoms with van der Waals surface area (Å²) in [5, 5.41) is 118. The van der Waals surface area contributed by atoms with E-state index in [0.29, 0.717) is 0 Å². The van der Waals surface area contributed by atoms with Crippen LogP contribution in [0, 0.1) is 123 Å². The molecule has 0 aromatic carbocycles. The van der Waals surface area contributed by atoms with Crippen molar-refractivity contribution in [2.45, 2.75) is 0 Å². The topological polar surface area (TPSA) is 530 Å². The van der Waals surface area contributed by atoms with Gasteiger partial charge in [-0.05, 0) is 0 Å². The first kappa shape index (κ1) is 63.0. The summed E-state index contributed by atoms with van der Waals surface area (Å²) >= 11 is 0. The van der Waals surface area contributed by atoms with Crippen LogP contribution < -0.4 is 0 Å². The summed E-state index contributed by atoms with van der Waals surface area (Å²) < 4.78 is 0. The Morgan fingerprint density at radius 3 is 0.235 bits per heavy atom. The van der Waals surface area contributed by atoms with Crippen LogP contribution in [0.15, 0.2) is 0 Å². The van der Waals surface area contributed by atoms with Crippen molar-refractivity contribution in [3.8, 4) is 0 Å². The molecule has 0 N–H and O–H groups in total. The zero-order chi connectivity index (χ0) is 28.6. The molecule has 0 saturated carbocycles. The summed E-state index contributed by atoms with van der Waals surface area (Å²) in [5.41, 5.74) is 0. The van der Waals surface area contributed by atoms with Gasteiger partial charge in [0.1, 0.15) is 0 Å². The zero-order valence-corrected chi connectivity index (χ0v) is 19.5. The molecule has 0 rings (SSSR count). The smallest absolute Gasteiger partial charge is 0.356 e. The second-order valence-corrected chi connectivity index (χ2v) is 1.79. The van der Waals surface area contributed by atoms with Gasteiger partial charge >= 0.3 is 47.6 Å². The molecule has 0 heterocycles. The van der Waals surface area contributed by atoms with Crippen molar-refractivity contribution in [1.29, 1.82) is 0 Å². The molecule has 0 amide bonds. The molecular formula is HfN8O24Ti. The molecule has 0 spiro atoms. The third-order valence-electron chi connectivity index (χ3n) is 0. The van der Waals surface area contributed by atoms with E-state index in [1.54, 1.807) is 0 Å². The van der Waals surface area contributed by atoms with Crippen LogP contribution >= 0.6 is 0 Å². The zero-order valence-electron chi connectivity index (χ0n) is 14.4. The van der Waals surface area contributed by atoms with Crippen LogP contribution in [0.5, 0.6) is 0 Å². The van der Waals surface area contributed by atoms with Gasteiger partial charge in [0.05, 0.1) is 40.7 Å². The van der Waals surface area contributed by atoms with E-state index in [-0.39, 0.29) is 47.6 Å². The molecule has 0 aliphatic heterocycles. The standard InChI is InChI=1S/Hf.8NO3.Ti/c;8*2-1(3)4;/q+4;8*-1;+4. The summed E-state index contributed by atoms with van der Waals surface area (Å²) in [6.45, 7) is 0. The minimum absolute atomic E-state index is 0. The number of rotatable bonds is 0. The molecule has 192 valence electrons. The Morgan fingerprint density at radius 1 is 0.235 bits per heavy atom. The molecule has 0 aliphatic carbocycles. The van der Waals surface area contributed by atoms with E-state index in [1.165, 1.54) is 0 Å². The van der Waals surface area contributed by atoms with Crippen LogP contribution in [0.25, 0.3) is 0 Å². The van der Waals surface area contributed by atoms with Crippen molar-refractivity contribution in [3.63, 3.8) is 0 Å². The first-order valence-electron chi connectivity index (χ1n) is 4.38. The molecule has 34 heavy (non-hydrogen) atoms. The van der Waals surface area contributed by atoms with Crippen LogP contribution in [-0.4, -0.2) is 40.7 Å². The van der Waals surface area contributed by atoms with Crippen LogP contribution in [0.3, 0.4) is 0 Å². The van der Waals surface area contributed by atoms with Crippen molar-refractivity contribution < 1.29 is 88.3 Å². The van der Waals surface area contributed by atoms with Crippen molar-refractivity contribution in [3.05, 3.63) is 123 Å². The first-order valence-corrected chi connectivity index (χ1v) is 4.38. The van der Waals surface area contributed by atoms with Crippen molar-refractivity contribution in [2.24, 2.45) is 0 Å². The maximum absolute atomic E-state index is 8.25. The maximum atomic E-state index is 8.25. The van der Waals surface area contributed by atoms with E-state index in [0.717, 1.165) is 0 Å². The number of nitrogens with zero attached hydrogens (tertiary/aromatic N) is 8. The predicted octanol–water partition coefficient (Wildman–Crippen LogP) is -1.92. The predicted molar refractivity (Wildman–Crippen MR) is 82.9 cm³/mol. The first-order chi connectivity index (χ1) is 13.9. The minimum Gasteiger partial charge on any atom is -0.356 e. The van der Waals surface area contributed by atoms with Crippen LogP contribution in [0.4, 0.5) is 0 Å². The van der Waals surface area contributed by atoms with E-state index in [2.05, 4.69) is 0 Å². The van der Waals surface area contributed by atoms with Gasteiger partial charge < -0.3 is 123 Å². The van der Waals surface area contributed by atoms with E-state index in [9.17, 15) is 0 Å². The molecule has 34 heteroatoms. The maximum Gasteiger partial charge on any atom is 4.00 e. The van der Waals surface area contributed by atoms with Gasteiger partial charge in [-0.25, -0.2) is 0 Å². The number of hydrogen-bond acceptors (Lipinski definition) is 24. The summed E-state index contributed by atoms with van der Waals surface area (Å²) in [4.78, 5) is 66.0. The molecule has 0 unspecified atom stereocenters. The van der Waals surface area contributed by atoms with Gasteiger partial charge in [0.2, 0.25) is 0 Å². The molecule has 0 radical (unpaired) electrons. The fourth-order valence-electron chi connectivity index (χ4n) is 0. The van der Waals surface area contributed by atoms with E-state index in [1.807, 2.05) is 0 Å². The molecule has 0 bridgehead atoms. The minimum atomic E-state index is -1.75. The molecule has 0 aromatic heterocycles. The summed E-state index contributed by atoms with van der Waals surface area (Å²) in [7, 11) is 0. The molecule has 0 saturated heterocycles. The Kier molecular flexibility index (Phi) is 105. The average molecular weight is 722 g/mol. The van der Waals surface area contributed by atoms with Gasteiger partial charge in [-0.3, -0.25) is 0 Å². The van der Waals surface area contributed by atoms with Gasteiger partial charge in [0, 0.05) is 0 Å². The quantitative estimate of drug-likeness (QED) is 0.149. The third-order valence-corrected chi connectivity index (χ3v) is 0. The average Bonchev–Trinajstić information content (AvgIpc) is 2.30. The van der Waals surface area contributed by atoms with Gasteiger partial charge in [0.25, 0.3) is 0 Å². The summed E-state index contributed by atoms with van der Waals surface area (Å²) in [6, 6.07) is 0. The number of hydrogen-bond donors (Lipinski definition) is 0. The Hall–Kier alpha value is -4.82. The second-order valence-electron chi connectivity index (χ2n) is 1.79. The van der Waals surface area contributed by atoms with E-state index in [4.69, 9.17) is 123 Å². The van der Waals surface area contributed by atoms with Gasteiger partial charge in [-0.15, -0.1) is 0 Å². The Labute approximate surface area is 211 Å². The van der Waals surface area contributed by atoms with Crippen molar-refractivity contribution in [2.75, 3.05) is 0 Å². The fourth-order valence-corrected chi connectivity index (χ4v) is 0.